The molecule has 0 radical (unpaired) electrons. The number of aliphatic imine (C=N–C) groups is 1. The maximum atomic E-state index is 13.2. The third-order valence-corrected chi connectivity index (χ3v) is 4.95. The average Bonchev–Trinajstić information content (AvgIpc) is 2.92. The number of amides is 1. The van der Waals surface area contributed by atoms with E-state index >= 15 is 0 Å². The van der Waals surface area contributed by atoms with Crippen molar-refractivity contribution >= 4 is 23.5 Å². The normalized spacial score (nSPS) is 19.2. The predicted octanol–water partition coefficient (Wildman–Crippen LogP) is 3.49. The number of carbonyl (C=O) groups excluding carboxylic acids is 1. The van der Waals surface area contributed by atoms with Gasteiger partial charge in [-0.2, -0.15) is 8.78 Å². The van der Waals surface area contributed by atoms with E-state index in [1.807, 2.05) is 24.3 Å². The number of rotatable bonds is 7. The monoisotopic (exact) mass is 407 g/mol. The van der Waals surface area contributed by atoms with Crippen LogP contribution in [0.3, 0.4) is 0 Å². The van der Waals surface area contributed by atoms with Gasteiger partial charge in [0.2, 0.25) is 0 Å². The maximum absolute atomic E-state index is 13.2. The van der Waals surface area contributed by atoms with E-state index in [1.165, 1.54) is 17.0 Å². The molecule has 0 fully saturated rings. The number of halogens is 3. The van der Waals surface area contributed by atoms with Crippen molar-refractivity contribution in [3.63, 3.8) is 0 Å². The second kappa shape index (κ2) is 8.14. The van der Waals surface area contributed by atoms with Gasteiger partial charge in [-0.3, -0.25) is 9.69 Å². The summed E-state index contributed by atoms with van der Waals surface area (Å²) in [5.41, 5.74) is 6.76. The van der Waals surface area contributed by atoms with Crippen molar-refractivity contribution in [2.75, 3.05) is 12.9 Å². The van der Waals surface area contributed by atoms with Crippen LogP contribution in [0, 0.1) is 0 Å². The van der Waals surface area contributed by atoms with Crippen LogP contribution in [0.15, 0.2) is 53.5 Å². The molecule has 28 heavy (non-hydrogen) atoms. The number of ether oxygens (including phenoxy) is 1. The van der Waals surface area contributed by atoms with Crippen molar-refractivity contribution in [1.29, 1.82) is 0 Å². The number of aryl methyl sites for hydroxylation is 1. The quantitative estimate of drug-likeness (QED) is 0.714. The largest absolute Gasteiger partial charge is 0.435 e. The molecule has 0 spiro atoms. The van der Waals surface area contributed by atoms with Gasteiger partial charge in [0.05, 0.1) is 0 Å². The van der Waals surface area contributed by atoms with Gasteiger partial charge < -0.3 is 10.5 Å². The average molecular weight is 408 g/mol. The molecule has 0 bridgehead atoms. The zero-order chi connectivity index (χ0) is 20.3. The molecule has 0 saturated heterocycles. The van der Waals surface area contributed by atoms with Crippen LogP contribution in [-0.2, 0) is 16.8 Å². The van der Waals surface area contributed by atoms with Gasteiger partial charge in [-0.05, 0) is 41.7 Å². The van der Waals surface area contributed by atoms with Crippen LogP contribution in [0.5, 0.6) is 5.75 Å². The number of benzene rings is 2. The molecule has 2 N–H and O–H groups in total. The predicted molar refractivity (Wildman–Crippen MR) is 104 cm³/mol. The molecule has 2 aromatic carbocycles. The molecule has 3 rings (SSSR count). The summed E-state index contributed by atoms with van der Waals surface area (Å²) in [5.74, 6) is 0.305. The molecule has 1 atom stereocenters. The van der Waals surface area contributed by atoms with Gasteiger partial charge in [0.15, 0.2) is 11.5 Å². The van der Waals surface area contributed by atoms with Crippen LogP contribution in [-0.4, -0.2) is 36.3 Å². The fourth-order valence-electron chi connectivity index (χ4n) is 3.28. The van der Waals surface area contributed by atoms with E-state index in [0.29, 0.717) is 17.0 Å². The molecule has 148 valence electrons. The number of nitrogens with zero attached hydrogens (tertiary/aromatic N) is 2. The lowest BCUT2D eigenvalue weighted by atomic mass is 9.82. The Labute approximate surface area is 166 Å². The van der Waals surface area contributed by atoms with Gasteiger partial charge in [-0.15, -0.1) is 11.6 Å². The summed E-state index contributed by atoms with van der Waals surface area (Å²) >= 11 is 5.79. The zero-order valence-corrected chi connectivity index (χ0v) is 16.0. The fraction of sp³-hybridized carbons (Fsp3) is 0.300. The Balaban J connectivity index is 2.09. The highest BCUT2D eigenvalue weighted by Gasteiger charge is 2.49. The van der Waals surface area contributed by atoms with Crippen LogP contribution in [0.2, 0.25) is 0 Å². The topological polar surface area (TPSA) is 67.9 Å². The van der Waals surface area contributed by atoms with Crippen LogP contribution in [0.25, 0.3) is 0 Å². The Bertz CT molecular complexity index is 889. The van der Waals surface area contributed by atoms with E-state index < -0.39 is 12.2 Å². The number of alkyl halides is 3. The van der Waals surface area contributed by atoms with Gasteiger partial charge in [-0.1, -0.05) is 36.4 Å². The van der Waals surface area contributed by atoms with E-state index in [2.05, 4.69) is 9.73 Å². The van der Waals surface area contributed by atoms with Crippen molar-refractivity contribution in [1.82, 2.24) is 4.90 Å². The first kappa shape index (κ1) is 20.1. The number of hydrogen-bond acceptors (Lipinski definition) is 4. The number of guanidine groups is 1. The fourth-order valence-corrected chi connectivity index (χ4v) is 3.42. The van der Waals surface area contributed by atoms with Crippen LogP contribution < -0.4 is 10.5 Å². The summed E-state index contributed by atoms with van der Waals surface area (Å²) in [6, 6.07) is 13.4. The first-order chi connectivity index (χ1) is 13.4. The summed E-state index contributed by atoms with van der Waals surface area (Å²) in [5, 5.41) is 0. The summed E-state index contributed by atoms with van der Waals surface area (Å²) in [4.78, 5) is 19.0. The number of hydrogen-bond donors (Lipinski definition) is 1. The molecule has 0 aliphatic carbocycles. The number of nitrogens with two attached hydrogens (primary N) is 1. The van der Waals surface area contributed by atoms with Gasteiger partial charge in [0.1, 0.15) is 5.75 Å². The molecule has 5 nitrogen and oxygen atoms in total. The van der Waals surface area contributed by atoms with Crippen molar-refractivity contribution in [2.45, 2.75) is 25.0 Å². The highest BCUT2D eigenvalue weighted by Crippen LogP contribution is 2.40. The zero-order valence-electron chi connectivity index (χ0n) is 15.2. The molecule has 8 heteroatoms. The Kier molecular flexibility index (Phi) is 5.84. The Morgan fingerprint density at radius 1 is 1.21 bits per heavy atom. The lowest BCUT2D eigenvalue weighted by Crippen LogP contribution is -2.41. The summed E-state index contributed by atoms with van der Waals surface area (Å²) < 4.78 is 29.3. The van der Waals surface area contributed by atoms with Gasteiger partial charge >= 0.3 is 6.61 Å². The first-order valence-electron chi connectivity index (χ1n) is 8.72. The van der Waals surface area contributed by atoms with E-state index in [4.69, 9.17) is 17.3 Å². The van der Waals surface area contributed by atoms with Gasteiger partial charge in [0, 0.05) is 12.9 Å². The van der Waals surface area contributed by atoms with E-state index in [1.54, 1.807) is 19.2 Å². The van der Waals surface area contributed by atoms with Gasteiger partial charge in [-0.25, -0.2) is 4.99 Å². The molecular formula is C20H20ClF2N3O2. The number of carbonyl (C=O) groups is 1. The molecule has 1 aliphatic heterocycles. The summed E-state index contributed by atoms with van der Waals surface area (Å²) in [6.45, 7) is -2.92. The Morgan fingerprint density at radius 2 is 1.93 bits per heavy atom. The summed E-state index contributed by atoms with van der Waals surface area (Å²) in [6.07, 6.45) is 1.56. The second-order valence-electron chi connectivity index (χ2n) is 6.44. The third-order valence-electron chi connectivity index (χ3n) is 4.68. The minimum atomic E-state index is -2.92. The van der Waals surface area contributed by atoms with E-state index in [0.717, 1.165) is 18.4 Å². The highest BCUT2D eigenvalue weighted by molar-refractivity contribution is 6.17. The van der Waals surface area contributed by atoms with Crippen LogP contribution >= 0.6 is 11.6 Å². The smallest absolute Gasteiger partial charge is 0.387 e. The third kappa shape index (κ3) is 3.67. The van der Waals surface area contributed by atoms with Crippen molar-refractivity contribution in [3.05, 3.63) is 65.2 Å². The second-order valence-corrected chi connectivity index (χ2v) is 6.82. The van der Waals surface area contributed by atoms with E-state index in [9.17, 15) is 13.6 Å². The van der Waals surface area contributed by atoms with Crippen molar-refractivity contribution in [2.24, 2.45) is 10.7 Å². The Morgan fingerprint density at radius 3 is 2.50 bits per heavy atom. The van der Waals surface area contributed by atoms with Crippen molar-refractivity contribution in [3.8, 4) is 5.75 Å². The number of likely N-dealkylation sites (N-methyl/N-ethyl adjacent to an activating group) is 1. The molecule has 1 amide bonds. The lowest BCUT2D eigenvalue weighted by molar-refractivity contribution is -0.129. The Hall–Kier alpha value is -2.67. The standard InChI is InChI=1S/C20H20ClF2N3O2/c1-26-17(27)20(25-19(26)24,14-7-9-16(10-8-14)28-18(22)23)15-6-2-4-13(12-15)5-3-11-21/h2,4,6-10,12,18H,3,5,11H2,1H3,(H2,24,25). The van der Waals surface area contributed by atoms with Crippen molar-refractivity contribution < 1.29 is 18.3 Å². The first-order valence-corrected chi connectivity index (χ1v) is 9.26. The SMILES string of the molecule is CN1C(=O)C(c2ccc(OC(F)F)cc2)(c2cccc(CCCCl)c2)N=C1N. The molecule has 1 heterocycles. The molecule has 1 aliphatic rings. The molecule has 2 aromatic rings. The van der Waals surface area contributed by atoms with Crippen LogP contribution in [0.4, 0.5) is 8.78 Å². The molecular weight excluding hydrogens is 388 g/mol. The minimum absolute atomic E-state index is 0.000477. The van der Waals surface area contributed by atoms with Crippen LogP contribution in [0.1, 0.15) is 23.1 Å². The van der Waals surface area contributed by atoms with Gasteiger partial charge in [0.25, 0.3) is 5.91 Å². The maximum Gasteiger partial charge on any atom is 0.387 e. The summed E-state index contributed by atoms with van der Waals surface area (Å²) in [7, 11) is 1.55. The molecule has 1 unspecified atom stereocenters. The van der Waals surface area contributed by atoms with E-state index in [-0.39, 0.29) is 17.6 Å². The molecule has 0 aromatic heterocycles. The minimum Gasteiger partial charge on any atom is -0.435 e. The lowest BCUT2D eigenvalue weighted by Gasteiger charge is -2.26. The molecule has 0 saturated carbocycles. The highest BCUT2D eigenvalue weighted by atomic mass is 35.5.